The third-order valence-corrected chi connectivity index (χ3v) is 4.57. The summed E-state index contributed by atoms with van der Waals surface area (Å²) in [6.07, 6.45) is 8.00. The highest BCUT2D eigenvalue weighted by Gasteiger charge is 2.50. The van der Waals surface area contributed by atoms with E-state index >= 15 is 0 Å². The quantitative estimate of drug-likeness (QED) is 0.252. The molecule has 25 heavy (non-hydrogen) atoms. The molecule has 1 aromatic carbocycles. The van der Waals surface area contributed by atoms with Gasteiger partial charge in [-0.3, -0.25) is 0 Å². The monoisotopic (exact) mass is 342 g/mol. The summed E-state index contributed by atoms with van der Waals surface area (Å²) in [6, 6.07) is 9.03. The van der Waals surface area contributed by atoms with Crippen LogP contribution in [0.4, 0.5) is 0 Å². The molecule has 1 aliphatic rings. The van der Waals surface area contributed by atoms with Gasteiger partial charge in [0.1, 0.15) is 5.75 Å². The van der Waals surface area contributed by atoms with Gasteiger partial charge in [-0.2, -0.15) is 0 Å². The summed E-state index contributed by atoms with van der Waals surface area (Å²) in [7, 11) is -0.236. The van der Waals surface area contributed by atoms with Crippen LogP contribution in [-0.4, -0.2) is 24.3 Å². The number of carbonyl (C=O) groups is 1. The van der Waals surface area contributed by atoms with Crippen molar-refractivity contribution in [1.82, 2.24) is 0 Å². The zero-order valence-electron chi connectivity index (χ0n) is 15.7. The predicted octanol–water partition coefficient (Wildman–Crippen LogP) is 4.43. The molecule has 0 saturated carbocycles. The van der Waals surface area contributed by atoms with Crippen molar-refractivity contribution in [3.05, 3.63) is 54.6 Å². The van der Waals surface area contributed by atoms with Gasteiger partial charge in [0, 0.05) is 12.4 Å². The number of esters is 1. The zero-order chi connectivity index (χ0) is 18.5. The fraction of sp³-hybridized carbons (Fsp3) is 0.450. The molecule has 2 rings (SSSR count). The molecule has 5 heteroatoms. The van der Waals surface area contributed by atoms with Crippen molar-refractivity contribution < 1.29 is 18.8 Å². The van der Waals surface area contributed by atoms with Gasteiger partial charge in [-0.1, -0.05) is 43.4 Å². The Morgan fingerprint density at radius 2 is 1.72 bits per heavy atom. The Hall–Kier alpha value is -1.85. The number of para-hydroxylation sites is 1. The molecule has 1 saturated heterocycles. The molecule has 134 valence electrons. The van der Waals surface area contributed by atoms with Crippen LogP contribution in [0.5, 0.6) is 5.75 Å². The normalized spacial score (nSPS) is 20.3. The van der Waals surface area contributed by atoms with Crippen molar-refractivity contribution in [2.24, 2.45) is 5.92 Å². The Morgan fingerprint density at radius 3 is 2.32 bits per heavy atom. The molecule has 0 bridgehead atoms. The van der Waals surface area contributed by atoms with Crippen LogP contribution in [0.1, 0.15) is 34.6 Å². The Morgan fingerprint density at radius 1 is 1.12 bits per heavy atom. The molecule has 0 radical (unpaired) electrons. The highest BCUT2D eigenvalue weighted by atomic mass is 16.7. The first-order valence-electron chi connectivity index (χ1n) is 8.67. The maximum absolute atomic E-state index is 11.8. The number of allylic oxidation sites excluding steroid dienone is 3. The van der Waals surface area contributed by atoms with Crippen LogP contribution in [0, 0.1) is 5.92 Å². The van der Waals surface area contributed by atoms with E-state index in [0.717, 1.165) is 0 Å². The van der Waals surface area contributed by atoms with E-state index in [-0.39, 0.29) is 30.2 Å². The van der Waals surface area contributed by atoms with Gasteiger partial charge in [-0.05, 0) is 45.7 Å². The van der Waals surface area contributed by atoms with Gasteiger partial charge in [-0.25, -0.2) is 4.79 Å². The maximum Gasteiger partial charge on any atom is 0.461 e. The minimum atomic E-state index is -0.377. The van der Waals surface area contributed by atoms with E-state index in [1.165, 1.54) is 6.08 Å². The Balaban J connectivity index is 1.77. The lowest BCUT2D eigenvalue weighted by molar-refractivity contribution is -0.129. The third kappa shape index (κ3) is 5.58. The molecule has 1 aromatic rings. The van der Waals surface area contributed by atoms with Gasteiger partial charge in [-0.15, -0.1) is 0 Å². The summed E-state index contributed by atoms with van der Waals surface area (Å²) in [5.41, 5.74) is -0.615. The molecule has 1 atom stereocenters. The molecular weight excluding hydrogens is 315 g/mol. The van der Waals surface area contributed by atoms with E-state index in [1.54, 1.807) is 12.1 Å². The first-order chi connectivity index (χ1) is 11.7. The fourth-order valence-electron chi connectivity index (χ4n) is 2.40. The van der Waals surface area contributed by atoms with Crippen LogP contribution in [-0.2, 0) is 14.1 Å². The first-order valence-corrected chi connectivity index (χ1v) is 8.67. The molecular formula is C20H27BO4. The first kappa shape index (κ1) is 19.5. The second-order valence-electron chi connectivity index (χ2n) is 7.30. The van der Waals surface area contributed by atoms with Crippen molar-refractivity contribution in [3.63, 3.8) is 0 Å². The zero-order valence-corrected chi connectivity index (χ0v) is 15.7. The molecule has 4 nitrogen and oxygen atoms in total. The van der Waals surface area contributed by atoms with Crippen molar-refractivity contribution in [1.29, 1.82) is 0 Å². The number of hydrogen-bond donors (Lipinski definition) is 0. The number of ether oxygens (including phenoxy) is 1. The minimum absolute atomic E-state index is 0.116. The molecule has 0 amide bonds. The smallest absolute Gasteiger partial charge is 0.423 e. The molecule has 1 aliphatic heterocycles. The van der Waals surface area contributed by atoms with E-state index in [0.29, 0.717) is 12.1 Å². The standard InChI is InChI=1S/C20H27BO4/c1-16(13-14-18(22)23-17-11-7-6-8-12-17)10-9-15-21-24-19(2,3)20(4,5)25-21/h6-14,16H,15H2,1-5H3/b10-9-,14-13+. The van der Waals surface area contributed by atoms with Gasteiger partial charge in [0.2, 0.25) is 0 Å². The fourth-order valence-corrected chi connectivity index (χ4v) is 2.40. The lowest BCUT2D eigenvalue weighted by Gasteiger charge is -2.32. The van der Waals surface area contributed by atoms with Crippen molar-refractivity contribution in [2.45, 2.75) is 52.1 Å². The van der Waals surface area contributed by atoms with Gasteiger partial charge in [0.15, 0.2) is 0 Å². The average Bonchev–Trinajstić information content (AvgIpc) is 2.73. The van der Waals surface area contributed by atoms with E-state index in [1.807, 2.05) is 71.0 Å². The molecule has 1 unspecified atom stereocenters. The lowest BCUT2D eigenvalue weighted by atomic mass is 9.84. The van der Waals surface area contributed by atoms with Crippen LogP contribution in [0.2, 0.25) is 6.32 Å². The summed E-state index contributed by atoms with van der Waals surface area (Å²) >= 11 is 0. The van der Waals surface area contributed by atoms with Crippen molar-refractivity contribution >= 4 is 13.1 Å². The Bertz CT molecular complexity index is 618. The highest BCUT2D eigenvalue weighted by Crippen LogP contribution is 2.37. The van der Waals surface area contributed by atoms with Crippen LogP contribution in [0.15, 0.2) is 54.6 Å². The maximum atomic E-state index is 11.8. The van der Waals surface area contributed by atoms with Crippen LogP contribution in [0.3, 0.4) is 0 Å². The average molecular weight is 342 g/mol. The van der Waals surface area contributed by atoms with Crippen LogP contribution >= 0.6 is 0 Å². The Kier molecular flexibility index (Phi) is 6.25. The lowest BCUT2D eigenvalue weighted by Crippen LogP contribution is -2.41. The van der Waals surface area contributed by atoms with E-state index < -0.39 is 0 Å². The second-order valence-corrected chi connectivity index (χ2v) is 7.30. The molecule has 1 fully saturated rings. The van der Waals surface area contributed by atoms with Gasteiger partial charge < -0.3 is 14.0 Å². The minimum Gasteiger partial charge on any atom is -0.423 e. The number of carbonyl (C=O) groups excluding carboxylic acids is 1. The van der Waals surface area contributed by atoms with E-state index in [9.17, 15) is 4.79 Å². The summed E-state index contributed by atoms with van der Waals surface area (Å²) in [6.45, 7) is 10.2. The van der Waals surface area contributed by atoms with Crippen molar-refractivity contribution in [3.8, 4) is 5.75 Å². The van der Waals surface area contributed by atoms with Crippen LogP contribution < -0.4 is 4.74 Å². The van der Waals surface area contributed by atoms with Crippen LogP contribution in [0.25, 0.3) is 0 Å². The predicted molar refractivity (Wildman–Crippen MR) is 100 cm³/mol. The van der Waals surface area contributed by atoms with Gasteiger partial charge in [0.25, 0.3) is 0 Å². The SMILES string of the molecule is CC(/C=C\CB1OC(C)(C)C(C)(C)O1)/C=C/C(=O)Oc1ccccc1. The number of hydrogen-bond acceptors (Lipinski definition) is 4. The number of rotatable bonds is 6. The number of benzene rings is 1. The molecule has 1 heterocycles. The topological polar surface area (TPSA) is 44.8 Å². The molecule has 0 aliphatic carbocycles. The van der Waals surface area contributed by atoms with Crippen molar-refractivity contribution in [2.75, 3.05) is 0 Å². The van der Waals surface area contributed by atoms with E-state index in [2.05, 4.69) is 0 Å². The molecule has 0 spiro atoms. The third-order valence-electron chi connectivity index (χ3n) is 4.57. The summed E-state index contributed by atoms with van der Waals surface area (Å²) in [5, 5.41) is 0. The summed E-state index contributed by atoms with van der Waals surface area (Å²) in [4.78, 5) is 11.8. The molecule has 0 N–H and O–H groups in total. The van der Waals surface area contributed by atoms with Gasteiger partial charge >= 0.3 is 13.1 Å². The summed E-state index contributed by atoms with van der Waals surface area (Å²) in [5.74, 6) is 0.282. The Labute approximate surface area is 151 Å². The second kappa shape index (κ2) is 8.02. The summed E-state index contributed by atoms with van der Waals surface area (Å²) < 4.78 is 17.1. The molecule has 0 aromatic heterocycles. The highest BCUT2D eigenvalue weighted by molar-refractivity contribution is 6.46. The van der Waals surface area contributed by atoms with Gasteiger partial charge in [0.05, 0.1) is 11.2 Å². The largest absolute Gasteiger partial charge is 0.461 e. The van der Waals surface area contributed by atoms with E-state index in [4.69, 9.17) is 14.0 Å².